The normalized spacial score (nSPS) is 19.0. The van der Waals surface area contributed by atoms with Gasteiger partial charge in [0.05, 0.1) is 6.42 Å². The largest absolute Gasteiger partial charge is 0.476 e. The van der Waals surface area contributed by atoms with Crippen molar-refractivity contribution in [2.45, 2.75) is 19.4 Å². The number of nitrogens with zero attached hydrogens (tertiary/aromatic N) is 2. The molecule has 0 bridgehead atoms. The molecule has 2 rings (SSSR count). The SMILES string of the molecule is CC(=O)CC1Oc2cccnc2N(C)C1=O. The Balaban J connectivity index is 2.32. The third-order valence-corrected chi connectivity index (χ3v) is 2.42. The third kappa shape index (κ3) is 1.76. The van der Waals surface area contributed by atoms with Crippen LogP contribution in [0.4, 0.5) is 5.82 Å². The van der Waals surface area contributed by atoms with E-state index >= 15 is 0 Å². The molecule has 0 saturated carbocycles. The van der Waals surface area contributed by atoms with Gasteiger partial charge in [-0.15, -0.1) is 0 Å². The number of Topliss-reactive ketones (excluding diaryl/α,β-unsaturated/α-hetero) is 1. The van der Waals surface area contributed by atoms with Crippen LogP contribution in [0.1, 0.15) is 13.3 Å². The molecule has 1 unspecified atom stereocenters. The fraction of sp³-hybridized carbons (Fsp3) is 0.364. The van der Waals surface area contributed by atoms with Crippen LogP contribution in [0.3, 0.4) is 0 Å². The zero-order valence-electron chi connectivity index (χ0n) is 9.14. The van der Waals surface area contributed by atoms with Gasteiger partial charge in [-0.25, -0.2) is 4.98 Å². The molecule has 5 nitrogen and oxygen atoms in total. The molecule has 0 radical (unpaired) electrons. The summed E-state index contributed by atoms with van der Waals surface area (Å²) in [7, 11) is 1.63. The van der Waals surface area contributed by atoms with E-state index in [9.17, 15) is 9.59 Å². The Bertz CT molecular complexity index is 445. The summed E-state index contributed by atoms with van der Waals surface area (Å²) in [6.07, 6.45) is 0.966. The van der Waals surface area contributed by atoms with E-state index < -0.39 is 6.10 Å². The van der Waals surface area contributed by atoms with Gasteiger partial charge in [-0.3, -0.25) is 14.5 Å². The molecule has 0 fully saturated rings. The molecule has 1 aliphatic heterocycles. The van der Waals surface area contributed by atoms with E-state index in [2.05, 4.69) is 4.98 Å². The Morgan fingerprint density at radius 1 is 1.62 bits per heavy atom. The summed E-state index contributed by atoms with van der Waals surface area (Å²) in [6.45, 7) is 1.44. The van der Waals surface area contributed by atoms with Gasteiger partial charge in [-0.1, -0.05) is 0 Å². The van der Waals surface area contributed by atoms with Crippen LogP contribution in [-0.2, 0) is 9.59 Å². The number of carbonyl (C=O) groups is 2. The topological polar surface area (TPSA) is 59.5 Å². The first-order valence-corrected chi connectivity index (χ1v) is 4.98. The minimum absolute atomic E-state index is 0.0703. The summed E-state index contributed by atoms with van der Waals surface area (Å²) in [5, 5.41) is 0. The first-order chi connectivity index (χ1) is 7.59. The van der Waals surface area contributed by atoms with E-state index in [0.717, 1.165) is 0 Å². The van der Waals surface area contributed by atoms with E-state index in [0.29, 0.717) is 11.6 Å². The molecule has 0 aliphatic carbocycles. The van der Waals surface area contributed by atoms with E-state index in [1.54, 1.807) is 25.4 Å². The van der Waals surface area contributed by atoms with Crippen LogP contribution >= 0.6 is 0 Å². The van der Waals surface area contributed by atoms with E-state index in [4.69, 9.17) is 4.74 Å². The van der Waals surface area contributed by atoms with Gasteiger partial charge in [0, 0.05) is 13.2 Å². The van der Waals surface area contributed by atoms with Crippen molar-refractivity contribution in [3.63, 3.8) is 0 Å². The molecule has 1 aliphatic rings. The number of fused-ring (bicyclic) bond motifs is 1. The Morgan fingerprint density at radius 2 is 2.38 bits per heavy atom. The van der Waals surface area contributed by atoms with Crippen molar-refractivity contribution in [2.75, 3.05) is 11.9 Å². The third-order valence-electron chi connectivity index (χ3n) is 2.42. The molecule has 2 heterocycles. The maximum atomic E-state index is 11.8. The second-order valence-corrected chi connectivity index (χ2v) is 3.74. The molecule has 1 aromatic heterocycles. The van der Waals surface area contributed by atoms with E-state index in [1.165, 1.54) is 11.8 Å². The van der Waals surface area contributed by atoms with Crippen LogP contribution < -0.4 is 9.64 Å². The van der Waals surface area contributed by atoms with Crippen LogP contribution in [0.15, 0.2) is 18.3 Å². The lowest BCUT2D eigenvalue weighted by molar-refractivity contribution is -0.130. The Morgan fingerprint density at radius 3 is 3.06 bits per heavy atom. The zero-order chi connectivity index (χ0) is 11.7. The number of rotatable bonds is 2. The Kier molecular flexibility index (Phi) is 2.60. The highest BCUT2D eigenvalue weighted by Crippen LogP contribution is 2.31. The molecule has 5 heteroatoms. The van der Waals surface area contributed by atoms with Gasteiger partial charge >= 0.3 is 0 Å². The number of hydrogen-bond donors (Lipinski definition) is 0. The van der Waals surface area contributed by atoms with Gasteiger partial charge in [0.2, 0.25) is 0 Å². The molecule has 16 heavy (non-hydrogen) atoms. The van der Waals surface area contributed by atoms with Gasteiger partial charge in [0.1, 0.15) is 5.78 Å². The van der Waals surface area contributed by atoms with Crippen molar-refractivity contribution >= 4 is 17.5 Å². The van der Waals surface area contributed by atoms with Crippen LogP contribution in [0.2, 0.25) is 0 Å². The van der Waals surface area contributed by atoms with Gasteiger partial charge < -0.3 is 4.74 Å². The lowest BCUT2D eigenvalue weighted by atomic mass is 10.1. The highest BCUT2D eigenvalue weighted by molar-refractivity contribution is 6.00. The predicted molar refractivity (Wildman–Crippen MR) is 57.4 cm³/mol. The fourth-order valence-corrected chi connectivity index (χ4v) is 1.64. The average molecular weight is 220 g/mol. The molecule has 0 spiro atoms. The minimum atomic E-state index is -0.723. The second-order valence-electron chi connectivity index (χ2n) is 3.74. The summed E-state index contributed by atoms with van der Waals surface area (Å²) < 4.78 is 5.45. The lowest BCUT2D eigenvalue weighted by Gasteiger charge is -2.30. The van der Waals surface area contributed by atoms with Crippen LogP contribution in [0, 0.1) is 0 Å². The van der Waals surface area contributed by atoms with Gasteiger partial charge in [0.15, 0.2) is 17.7 Å². The molecular formula is C11H12N2O3. The highest BCUT2D eigenvalue weighted by Gasteiger charge is 2.33. The average Bonchev–Trinajstić information content (AvgIpc) is 2.25. The summed E-state index contributed by atoms with van der Waals surface area (Å²) >= 11 is 0. The standard InChI is InChI=1S/C11H12N2O3/c1-7(14)6-9-11(15)13(2)10-8(16-9)4-3-5-12-10/h3-5,9H,6H2,1-2H3. The quantitative estimate of drug-likeness (QED) is 0.739. The first-order valence-electron chi connectivity index (χ1n) is 4.98. The number of ketones is 1. The molecule has 0 N–H and O–H groups in total. The fourth-order valence-electron chi connectivity index (χ4n) is 1.64. The number of hydrogen-bond acceptors (Lipinski definition) is 4. The molecule has 0 aromatic carbocycles. The second kappa shape index (κ2) is 3.92. The van der Waals surface area contributed by atoms with E-state index in [1.807, 2.05) is 0 Å². The number of pyridine rings is 1. The van der Waals surface area contributed by atoms with Gasteiger partial charge in [-0.2, -0.15) is 0 Å². The number of carbonyl (C=O) groups excluding carboxylic acids is 2. The smallest absolute Gasteiger partial charge is 0.269 e. The number of anilines is 1. The first kappa shape index (κ1) is 10.6. The van der Waals surface area contributed by atoms with Crippen molar-refractivity contribution in [2.24, 2.45) is 0 Å². The monoisotopic (exact) mass is 220 g/mol. The predicted octanol–water partition coefficient (Wildman–Crippen LogP) is 0.784. The molecule has 1 amide bonds. The molecule has 1 atom stereocenters. The van der Waals surface area contributed by atoms with Crippen LogP contribution in [0.5, 0.6) is 5.75 Å². The van der Waals surface area contributed by atoms with E-state index in [-0.39, 0.29) is 18.1 Å². The Hall–Kier alpha value is -1.91. The summed E-state index contributed by atoms with van der Waals surface area (Å²) in [4.78, 5) is 28.3. The number of likely N-dealkylation sites (N-methyl/N-ethyl adjacent to an activating group) is 1. The van der Waals surface area contributed by atoms with Gasteiger partial charge in [0.25, 0.3) is 5.91 Å². The van der Waals surface area contributed by atoms with Crippen molar-refractivity contribution in [1.82, 2.24) is 4.98 Å². The van der Waals surface area contributed by atoms with Gasteiger partial charge in [-0.05, 0) is 19.1 Å². The lowest BCUT2D eigenvalue weighted by Crippen LogP contribution is -2.45. The zero-order valence-corrected chi connectivity index (χ0v) is 9.14. The highest BCUT2D eigenvalue weighted by atomic mass is 16.5. The summed E-state index contributed by atoms with van der Waals surface area (Å²) in [5.41, 5.74) is 0. The minimum Gasteiger partial charge on any atom is -0.476 e. The van der Waals surface area contributed by atoms with Crippen LogP contribution in [-0.4, -0.2) is 29.8 Å². The number of aromatic nitrogens is 1. The molecule has 0 saturated heterocycles. The van der Waals surface area contributed by atoms with Crippen molar-refractivity contribution in [1.29, 1.82) is 0 Å². The Labute approximate surface area is 93.0 Å². The maximum Gasteiger partial charge on any atom is 0.269 e. The number of amides is 1. The number of ether oxygens (including phenoxy) is 1. The van der Waals surface area contributed by atoms with Crippen molar-refractivity contribution in [3.05, 3.63) is 18.3 Å². The maximum absolute atomic E-state index is 11.8. The summed E-state index contributed by atoms with van der Waals surface area (Å²) in [6, 6.07) is 3.46. The molecular weight excluding hydrogens is 208 g/mol. The van der Waals surface area contributed by atoms with Crippen molar-refractivity contribution in [3.8, 4) is 5.75 Å². The summed E-state index contributed by atoms with van der Waals surface area (Å²) in [5.74, 6) is 0.726. The van der Waals surface area contributed by atoms with Crippen LogP contribution in [0.25, 0.3) is 0 Å². The molecule has 1 aromatic rings. The molecule has 84 valence electrons. The van der Waals surface area contributed by atoms with Crippen molar-refractivity contribution < 1.29 is 14.3 Å².